The second-order valence-corrected chi connectivity index (χ2v) is 14.1. The third-order valence-electron chi connectivity index (χ3n) is 11.8. The van der Waals surface area contributed by atoms with Crippen LogP contribution < -0.4 is 0 Å². The van der Waals surface area contributed by atoms with Gasteiger partial charge in [-0.2, -0.15) is 0 Å². The molecule has 0 radical (unpaired) electrons. The Hall–Kier alpha value is 0.480. The van der Waals surface area contributed by atoms with Gasteiger partial charge in [-0.05, 0) is 110 Å². The summed E-state index contributed by atoms with van der Waals surface area (Å²) in [6.45, 7) is 10.6. The molecule has 180 valence electrons. The molecule has 0 amide bonds. The number of halogens is 1. The SMILES string of the molecule is CC(CCCCBr)CCC[C@@H](C)[C@H]1CC[C@H]2[C@@H]3CCC4CCCC[C@]4(C)[C@H]3CC[C@]12C. The van der Waals surface area contributed by atoms with Gasteiger partial charge in [-0.3, -0.25) is 0 Å². The normalized spacial score (nSPS) is 44.2. The molecule has 0 spiro atoms. The second-order valence-electron chi connectivity index (χ2n) is 13.3. The van der Waals surface area contributed by atoms with E-state index in [1.54, 1.807) is 51.4 Å². The molecule has 0 aliphatic heterocycles. The highest BCUT2D eigenvalue weighted by atomic mass is 79.9. The standard InChI is InChI=1S/C30H53Br/c1-22(10-6-8-21-31)11-9-12-23(2)26-16-17-27-25-15-14-24-13-5-7-19-29(24,3)28(25)18-20-30(26,27)4/h22-28H,5-21H2,1-4H3/t22?,23-,24?,25+,26-,27+,28+,29+,30-/m1/s1. The number of rotatable bonds is 9. The number of hydrogen-bond donors (Lipinski definition) is 0. The van der Waals surface area contributed by atoms with Gasteiger partial charge in [0.2, 0.25) is 0 Å². The molecule has 4 aliphatic carbocycles. The largest absolute Gasteiger partial charge is 0.0928 e. The van der Waals surface area contributed by atoms with E-state index < -0.39 is 0 Å². The molecule has 4 aliphatic rings. The Morgan fingerprint density at radius 3 is 2.32 bits per heavy atom. The molecule has 0 nitrogen and oxygen atoms in total. The van der Waals surface area contributed by atoms with Gasteiger partial charge in [0.1, 0.15) is 0 Å². The summed E-state index contributed by atoms with van der Waals surface area (Å²) in [5.74, 6) is 7.16. The third kappa shape index (κ3) is 4.84. The van der Waals surface area contributed by atoms with Gasteiger partial charge in [0.25, 0.3) is 0 Å². The van der Waals surface area contributed by atoms with Crippen LogP contribution in [0.15, 0.2) is 0 Å². The molecule has 0 aromatic carbocycles. The lowest BCUT2D eigenvalue weighted by Crippen LogP contribution is -2.53. The molecule has 0 saturated heterocycles. The third-order valence-corrected chi connectivity index (χ3v) is 12.3. The van der Waals surface area contributed by atoms with Crippen LogP contribution in [0.4, 0.5) is 0 Å². The first-order chi connectivity index (χ1) is 14.9. The number of fused-ring (bicyclic) bond motifs is 5. The van der Waals surface area contributed by atoms with E-state index in [4.69, 9.17) is 0 Å². The van der Waals surface area contributed by atoms with Gasteiger partial charge in [0, 0.05) is 5.33 Å². The molecule has 31 heavy (non-hydrogen) atoms. The predicted molar refractivity (Wildman–Crippen MR) is 140 cm³/mol. The van der Waals surface area contributed by atoms with Crippen molar-refractivity contribution in [2.45, 2.75) is 130 Å². The summed E-state index contributed by atoms with van der Waals surface area (Å²) < 4.78 is 0. The molecule has 0 heterocycles. The first-order valence-corrected chi connectivity index (χ1v) is 15.6. The van der Waals surface area contributed by atoms with Gasteiger partial charge in [0.05, 0.1) is 0 Å². The lowest BCUT2D eigenvalue weighted by atomic mass is 9.44. The van der Waals surface area contributed by atoms with Gasteiger partial charge >= 0.3 is 0 Å². The number of unbranched alkanes of at least 4 members (excludes halogenated alkanes) is 1. The summed E-state index contributed by atoms with van der Waals surface area (Å²) in [6.07, 6.45) is 24.2. The van der Waals surface area contributed by atoms with E-state index in [-0.39, 0.29) is 0 Å². The van der Waals surface area contributed by atoms with Crippen molar-refractivity contribution >= 4 is 15.9 Å². The molecule has 0 N–H and O–H groups in total. The molecule has 0 bridgehead atoms. The highest BCUT2D eigenvalue weighted by Crippen LogP contribution is 2.68. The Kier molecular flexibility index (Phi) is 8.25. The summed E-state index contributed by atoms with van der Waals surface area (Å²) in [5.41, 5.74) is 1.37. The highest BCUT2D eigenvalue weighted by Gasteiger charge is 2.59. The summed E-state index contributed by atoms with van der Waals surface area (Å²) in [7, 11) is 0. The molecule has 4 fully saturated rings. The minimum Gasteiger partial charge on any atom is -0.0928 e. The van der Waals surface area contributed by atoms with Crippen LogP contribution in [0.3, 0.4) is 0 Å². The van der Waals surface area contributed by atoms with Gasteiger partial charge in [-0.15, -0.1) is 0 Å². The van der Waals surface area contributed by atoms with Crippen LogP contribution >= 0.6 is 15.9 Å². The summed E-state index contributed by atoms with van der Waals surface area (Å²) >= 11 is 3.58. The number of hydrogen-bond acceptors (Lipinski definition) is 0. The average Bonchev–Trinajstić information content (AvgIpc) is 3.11. The Balaban J connectivity index is 1.33. The molecular weight excluding hydrogens is 440 g/mol. The molecule has 2 unspecified atom stereocenters. The van der Waals surface area contributed by atoms with Crippen LogP contribution in [0.2, 0.25) is 0 Å². The topological polar surface area (TPSA) is 0 Å². The van der Waals surface area contributed by atoms with Crippen LogP contribution in [0.25, 0.3) is 0 Å². The Labute approximate surface area is 203 Å². The van der Waals surface area contributed by atoms with Crippen molar-refractivity contribution < 1.29 is 0 Å². The molecule has 1 heteroatoms. The summed E-state index contributed by atoms with van der Waals surface area (Å²) in [6, 6.07) is 0. The fourth-order valence-corrected chi connectivity index (χ4v) is 10.4. The van der Waals surface area contributed by atoms with Gasteiger partial charge < -0.3 is 0 Å². The molecular formula is C30H53Br. The van der Waals surface area contributed by atoms with Crippen molar-refractivity contribution in [1.82, 2.24) is 0 Å². The van der Waals surface area contributed by atoms with Crippen LogP contribution in [0.1, 0.15) is 130 Å². The highest BCUT2D eigenvalue weighted by molar-refractivity contribution is 9.09. The van der Waals surface area contributed by atoms with E-state index in [0.717, 1.165) is 41.4 Å². The summed E-state index contributed by atoms with van der Waals surface area (Å²) in [4.78, 5) is 0. The Bertz CT molecular complexity index is 571. The zero-order chi connectivity index (χ0) is 22.1. The Morgan fingerprint density at radius 1 is 0.742 bits per heavy atom. The van der Waals surface area contributed by atoms with E-state index in [9.17, 15) is 0 Å². The molecule has 0 aromatic rings. The second kappa shape index (κ2) is 10.4. The van der Waals surface area contributed by atoms with Gasteiger partial charge in [0.15, 0.2) is 0 Å². The molecule has 9 atom stereocenters. The van der Waals surface area contributed by atoms with E-state index in [1.165, 1.54) is 56.7 Å². The summed E-state index contributed by atoms with van der Waals surface area (Å²) in [5, 5.41) is 1.18. The van der Waals surface area contributed by atoms with Crippen LogP contribution in [-0.2, 0) is 0 Å². The lowest BCUT2D eigenvalue weighted by molar-refractivity contribution is -0.114. The fraction of sp³-hybridized carbons (Fsp3) is 1.00. The van der Waals surface area contributed by atoms with Crippen molar-refractivity contribution in [3.8, 4) is 0 Å². The number of alkyl halides is 1. The lowest BCUT2D eigenvalue weighted by Gasteiger charge is -2.61. The predicted octanol–water partition coefficient (Wildman–Crippen LogP) is 10.0. The first-order valence-electron chi connectivity index (χ1n) is 14.5. The maximum atomic E-state index is 3.58. The maximum absolute atomic E-state index is 3.58. The van der Waals surface area contributed by atoms with Gasteiger partial charge in [-0.25, -0.2) is 0 Å². The molecule has 0 aromatic heterocycles. The van der Waals surface area contributed by atoms with Crippen molar-refractivity contribution in [2.24, 2.45) is 52.3 Å². The van der Waals surface area contributed by atoms with Crippen LogP contribution in [-0.4, -0.2) is 5.33 Å². The molecule has 4 saturated carbocycles. The van der Waals surface area contributed by atoms with E-state index >= 15 is 0 Å². The van der Waals surface area contributed by atoms with Crippen molar-refractivity contribution in [2.75, 3.05) is 5.33 Å². The van der Waals surface area contributed by atoms with E-state index in [0.29, 0.717) is 10.8 Å². The maximum Gasteiger partial charge on any atom is 0.00313 e. The van der Waals surface area contributed by atoms with Crippen LogP contribution in [0.5, 0.6) is 0 Å². The van der Waals surface area contributed by atoms with Crippen molar-refractivity contribution in [3.63, 3.8) is 0 Å². The van der Waals surface area contributed by atoms with Gasteiger partial charge in [-0.1, -0.05) is 88.6 Å². The Morgan fingerprint density at radius 2 is 1.52 bits per heavy atom. The molecule has 4 rings (SSSR count). The van der Waals surface area contributed by atoms with Crippen molar-refractivity contribution in [1.29, 1.82) is 0 Å². The van der Waals surface area contributed by atoms with Crippen molar-refractivity contribution in [3.05, 3.63) is 0 Å². The van der Waals surface area contributed by atoms with E-state index in [2.05, 4.69) is 43.6 Å². The minimum atomic E-state index is 0.667. The minimum absolute atomic E-state index is 0.667. The fourth-order valence-electron chi connectivity index (χ4n) is 9.99. The average molecular weight is 494 g/mol. The zero-order valence-corrected chi connectivity index (χ0v) is 23.0. The monoisotopic (exact) mass is 492 g/mol. The zero-order valence-electron chi connectivity index (χ0n) is 21.4. The van der Waals surface area contributed by atoms with E-state index in [1.807, 2.05) is 0 Å². The quantitative estimate of drug-likeness (QED) is 0.221. The van der Waals surface area contributed by atoms with Crippen LogP contribution in [0, 0.1) is 52.3 Å². The smallest absolute Gasteiger partial charge is 0.00313 e. The first kappa shape index (κ1) is 24.6.